The number of epoxide rings is 2. The Hall–Kier alpha value is -0.640. The van der Waals surface area contributed by atoms with Crippen LogP contribution in [-0.2, 0) is 14.2 Å². The van der Waals surface area contributed by atoms with Gasteiger partial charge < -0.3 is 14.2 Å². The molecule has 0 aromatic rings. The highest BCUT2D eigenvalue weighted by molar-refractivity contribution is 5.00. The van der Waals surface area contributed by atoms with Crippen LogP contribution < -0.4 is 0 Å². The van der Waals surface area contributed by atoms with E-state index in [2.05, 4.69) is 13.2 Å². The van der Waals surface area contributed by atoms with Crippen molar-refractivity contribution in [3.05, 3.63) is 24.3 Å². The Morgan fingerprint density at radius 2 is 1.41 bits per heavy atom. The van der Waals surface area contributed by atoms with E-state index >= 15 is 0 Å². The average Bonchev–Trinajstić information content (AvgIpc) is 3.07. The molecule has 2 aliphatic rings. The summed E-state index contributed by atoms with van der Waals surface area (Å²) in [4.78, 5) is 0. The van der Waals surface area contributed by atoms with Crippen LogP contribution in [0.1, 0.15) is 26.7 Å². The van der Waals surface area contributed by atoms with Crippen LogP contribution in [-0.4, -0.2) is 37.6 Å². The van der Waals surface area contributed by atoms with E-state index in [1.165, 1.54) is 0 Å². The van der Waals surface area contributed by atoms with Crippen LogP contribution in [0.2, 0.25) is 0 Å². The Morgan fingerprint density at radius 1 is 1.06 bits per heavy atom. The van der Waals surface area contributed by atoms with Crippen molar-refractivity contribution in [2.75, 3.05) is 13.2 Å². The third-order valence-electron chi connectivity index (χ3n) is 3.00. The second kappa shape index (κ2) is 5.34. The van der Waals surface area contributed by atoms with Crippen molar-refractivity contribution in [2.24, 2.45) is 0 Å². The van der Waals surface area contributed by atoms with Crippen LogP contribution in [0.5, 0.6) is 0 Å². The molecule has 3 nitrogen and oxygen atoms in total. The van der Waals surface area contributed by atoms with Crippen molar-refractivity contribution in [1.82, 2.24) is 0 Å². The Labute approximate surface area is 103 Å². The van der Waals surface area contributed by atoms with Gasteiger partial charge in [0.25, 0.3) is 0 Å². The average molecular weight is 238 g/mol. The smallest absolute Gasteiger partial charge is 0.107 e. The van der Waals surface area contributed by atoms with Crippen molar-refractivity contribution in [1.29, 1.82) is 0 Å². The molecule has 0 radical (unpaired) electrons. The molecule has 96 valence electrons. The molecule has 0 amide bonds. The minimum atomic E-state index is 0.126. The van der Waals surface area contributed by atoms with Crippen molar-refractivity contribution in [3.63, 3.8) is 0 Å². The Bertz CT molecular complexity index is 273. The van der Waals surface area contributed by atoms with Gasteiger partial charge in [-0.1, -0.05) is 11.1 Å². The second-order valence-electron chi connectivity index (χ2n) is 5.28. The van der Waals surface area contributed by atoms with E-state index in [0.29, 0.717) is 0 Å². The van der Waals surface area contributed by atoms with Crippen molar-refractivity contribution >= 4 is 0 Å². The fourth-order valence-electron chi connectivity index (χ4n) is 1.99. The number of hydrogen-bond acceptors (Lipinski definition) is 3. The summed E-state index contributed by atoms with van der Waals surface area (Å²) in [7, 11) is 0. The highest BCUT2D eigenvalue weighted by atomic mass is 16.6. The van der Waals surface area contributed by atoms with E-state index in [1.54, 1.807) is 0 Å². The molecule has 0 bridgehead atoms. The molecule has 0 aliphatic carbocycles. The van der Waals surface area contributed by atoms with Gasteiger partial charge in [0, 0.05) is 0 Å². The predicted octanol–water partition coefficient (Wildman–Crippen LogP) is 2.47. The largest absolute Gasteiger partial charge is 0.370 e. The standard InChI is InChI=1S/C14H22O3/c1-9(2)5-11(13-7-15-13)17-12(6-10(3)4)14-8-16-14/h11-14H,1,3,5-8H2,2,4H3. The Balaban J connectivity index is 1.88. The number of ether oxygens (including phenoxy) is 3. The van der Waals surface area contributed by atoms with Crippen molar-refractivity contribution < 1.29 is 14.2 Å². The van der Waals surface area contributed by atoms with E-state index in [4.69, 9.17) is 14.2 Å². The molecule has 0 aromatic heterocycles. The molecular formula is C14H22O3. The summed E-state index contributed by atoms with van der Waals surface area (Å²) >= 11 is 0. The van der Waals surface area contributed by atoms with Crippen LogP contribution in [0.25, 0.3) is 0 Å². The monoisotopic (exact) mass is 238 g/mol. The zero-order chi connectivity index (χ0) is 12.4. The Kier molecular flexibility index (Phi) is 4.02. The van der Waals surface area contributed by atoms with E-state index in [9.17, 15) is 0 Å². The van der Waals surface area contributed by atoms with Crippen LogP contribution in [0, 0.1) is 0 Å². The minimum Gasteiger partial charge on any atom is -0.370 e. The third kappa shape index (κ3) is 4.26. The highest BCUT2D eigenvalue weighted by Gasteiger charge is 2.40. The van der Waals surface area contributed by atoms with E-state index in [0.717, 1.165) is 37.2 Å². The maximum absolute atomic E-state index is 6.15. The summed E-state index contributed by atoms with van der Waals surface area (Å²) < 4.78 is 16.8. The first kappa shape index (κ1) is 12.8. The first-order chi connectivity index (χ1) is 8.06. The van der Waals surface area contributed by atoms with E-state index < -0.39 is 0 Å². The van der Waals surface area contributed by atoms with Crippen LogP contribution in [0.4, 0.5) is 0 Å². The topological polar surface area (TPSA) is 34.3 Å². The SMILES string of the molecule is C=C(C)CC(OC(CC(=C)C)C1CO1)C1CO1. The van der Waals surface area contributed by atoms with Crippen molar-refractivity contribution in [3.8, 4) is 0 Å². The molecule has 2 saturated heterocycles. The van der Waals surface area contributed by atoms with Crippen molar-refractivity contribution in [2.45, 2.75) is 51.1 Å². The van der Waals surface area contributed by atoms with Crippen LogP contribution in [0.3, 0.4) is 0 Å². The molecule has 3 heteroatoms. The van der Waals surface area contributed by atoms with Crippen LogP contribution >= 0.6 is 0 Å². The molecule has 0 spiro atoms. The van der Waals surface area contributed by atoms with Gasteiger partial charge in [-0.15, -0.1) is 13.2 Å². The summed E-state index contributed by atoms with van der Waals surface area (Å²) in [5, 5.41) is 0. The lowest BCUT2D eigenvalue weighted by atomic mass is 10.1. The summed E-state index contributed by atoms with van der Waals surface area (Å²) in [6.45, 7) is 13.6. The van der Waals surface area contributed by atoms with Gasteiger partial charge in [-0.2, -0.15) is 0 Å². The summed E-state index contributed by atoms with van der Waals surface area (Å²) in [5.74, 6) is 0. The molecule has 2 heterocycles. The molecular weight excluding hydrogens is 216 g/mol. The molecule has 0 saturated carbocycles. The van der Waals surface area contributed by atoms with Gasteiger partial charge >= 0.3 is 0 Å². The van der Waals surface area contributed by atoms with Gasteiger partial charge in [0.2, 0.25) is 0 Å². The maximum atomic E-state index is 6.15. The lowest BCUT2D eigenvalue weighted by Gasteiger charge is -2.23. The lowest BCUT2D eigenvalue weighted by molar-refractivity contribution is -0.0367. The summed E-state index contributed by atoms with van der Waals surface area (Å²) in [6, 6.07) is 0. The number of rotatable bonds is 8. The van der Waals surface area contributed by atoms with Gasteiger partial charge in [-0.05, 0) is 26.7 Å². The number of hydrogen-bond donors (Lipinski definition) is 0. The maximum Gasteiger partial charge on any atom is 0.107 e. The first-order valence-corrected chi connectivity index (χ1v) is 6.23. The highest BCUT2D eigenvalue weighted by Crippen LogP contribution is 2.29. The quantitative estimate of drug-likeness (QED) is 0.481. The molecule has 0 N–H and O–H groups in total. The Morgan fingerprint density at radius 3 is 1.65 bits per heavy atom. The minimum absolute atomic E-state index is 0.126. The molecule has 17 heavy (non-hydrogen) atoms. The van der Waals surface area contributed by atoms with Gasteiger partial charge in [-0.3, -0.25) is 0 Å². The molecule has 2 rings (SSSR count). The van der Waals surface area contributed by atoms with E-state index in [1.807, 2.05) is 13.8 Å². The molecule has 4 unspecified atom stereocenters. The van der Waals surface area contributed by atoms with Crippen LogP contribution in [0.15, 0.2) is 24.3 Å². The molecule has 2 fully saturated rings. The zero-order valence-corrected chi connectivity index (χ0v) is 10.8. The third-order valence-corrected chi connectivity index (χ3v) is 3.00. The molecule has 4 atom stereocenters. The van der Waals surface area contributed by atoms with Gasteiger partial charge in [0.05, 0.1) is 25.4 Å². The predicted molar refractivity (Wildman–Crippen MR) is 67.0 cm³/mol. The first-order valence-electron chi connectivity index (χ1n) is 6.23. The fourth-order valence-corrected chi connectivity index (χ4v) is 1.99. The van der Waals surface area contributed by atoms with E-state index in [-0.39, 0.29) is 24.4 Å². The van der Waals surface area contributed by atoms with Gasteiger partial charge in [-0.25, -0.2) is 0 Å². The fraction of sp³-hybridized carbons (Fsp3) is 0.714. The van der Waals surface area contributed by atoms with Gasteiger partial charge in [0.1, 0.15) is 12.2 Å². The summed E-state index contributed by atoms with van der Waals surface area (Å²) in [6.07, 6.45) is 2.48. The lowest BCUT2D eigenvalue weighted by Crippen LogP contribution is -2.30. The van der Waals surface area contributed by atoms with Gasteiger partial charge in [0.15, 0.2) is 0 Å². The molecule has 2 aliphatic heterocycles. The second-order valence-corrected chi connectivity index (χ2v) is 5.28. The normalized spacial score (nSPS) is 29.5. The zero-order valence-electron chi connectivity index (χ0n) is 10.8. The summed E-state index contributed by atoms with van der Waals surface area (Å²) in [5.41, 5.74) is 2.27. The molecule has 0 aromatic carbocycles.